The molecular weight excluding hydrogens is 316 g/mol. The number of hydrogen-bond acceptors (Lipinski definition) is 1. The van der Waals surface area contributed by atoms with E-state index in [1.165, 1.54) is 27.8 Å². The van der Waals surface area contributed by atoms with Crippen molar-refractivity contribution < 1.29 is 5.11 Å². The summed E-state index contributed by atoms with van der Waals surface area (Å²) in [6, 6.07) is 27.0. The Bertz CT molecular complexity index is 862. The van der Waals surface area contributed by atoms with Crippen molar-refractivity contribution in [3.05, 3.63) is 112 Å². The molecule has 0 aromatic heterocycles. The molecule has 1 aliphatic rings. The summed E-state index contributed by atoms with van der Waals surface area (Å²) in [4.78, 5) is 0. The van der Waals surface area contributed by atoms with Crippen molar-refractivity contribution in [3.63, 3.8) is 0 Å². The fraction of sp³-hybridized carbons (Fsp3) is 0.200. The van der Waals surface area contributed by atoms with Gasteiger partial charge in [0.15, 0.2) is 0 Å². The highest BCUT2D eigenvalue weighted by molar-refractivity contribution is 5.63. The Morgan fingerprint density at radius 3 is 2.04 bits per heavy atom. The second kappa shape index (κ2) is 9.17. The normalized spacial score (nSPS) is 12.0. The Labute approximate surface area is 156 Å². The summed E-state index contributed by atoms with van der Waals surface area (Å²) >= 11 is 0. The molecule has 0 spiro atoms. The van der Waals surface area contributed by atoms with Crippen LogP contribution >= 0.6 is 0 Å². The van der Waals surface area contributed by atoms with Crippen LogP contribution in [0.15, 0.2) is 84.4 Å². The van der Waals surface area contributed by atoms with E-state index in [4.69, 9.17) is 0 Å². The summed E-state index contributed by atoms with van der Waals surface area (Å²) in [5.41, 5.74) is 7.94. The zero-order chi connectivity index (χ0) is 18.2. The van der Waals surface area contributed by atoms with Crippen molar-refractivity contribution in [1.29, 1.82) is 0 Å². The minimum atomic E-state index is 0.134. The lowest BCUT2D eigenvalue weighted by Gasteiger charge is -2.07. The maximum Gasteiger partial charge on any atom is 0.0684 e. The first-order chi connectivity index (χ1) is 12.8. The molecule has 1 heteroatoms. The highest BCUT2D eigenvalue weighted by atomic mass is 16.3. The summed E-state index contributed by atoms with van der Waals surface area (Å²) in [6.07, 6.45) is 5.48. The highest BCUT2D eigenvalue weighted by Crippen LogP contribution is 2.27. The van der Waals surface area contributed by atoms with Crippen LogP contribution in [0.5, 0.6) is 0 Å². The molecule has 0 saturated heterocycles. The summed E-state index contributed by atoms with van der Waals surface area (Å²) in [6.45, 7) is 2.22. The Kier molecular flexibility index (Phi) is 6.40. The zero-order valence-corrected chi connectivity index (χ0v) is 15.4. The maximum atomic E-state index is 9.34. The number of aryl methyl sites for hydroxylation is 2. The minimum absolute atomic E-state index is 0.134. The molecule has 0 radical (unpaired) electrons. The summed E-state index contributed by atoms with van der Waals surface area (Å²) in [7, 11) is 0. The van der Waals surface area contributed by atoms with Crippen molar-refractivity contribution in [1.82, 2.24) is 0 Å². The summed E-state index contributed by atoms with van der Waals surface area (Å²) < 4.78 is 0. The maximum absolute atomic E-state index is 9.34. The van der Waals surface area contributed by atoms with Gasteiger partial charge in [-0.05, 0) is 48.4 Å². The van der Waals surface area contributed by atoms with E-state index in [1.54, 1.807) is 0 Å². The van der Waals surface area contributed by atoms with E-state index in [0.717, 1.165) is 24.8 Å². The largest absolute Gasteiger partial charge is 0.392 e. The molecule has 1 aliphatic carbocycles. The molecule has 3 aromatic carbocycles. The Morgan fingerprint density at radius 2 is 1.38 bits per heavy atom. The van der Waals surface area contributed by atoms with Crippen molar-refractivity contribution in [3.8, 4) is 0 Å². The van der Waals surface area contributed by atoms with Gasteiger partial charge in [0.25, 0.3) is 0 Å². The van der Waals surface area contributed by atoms with E-state index >= 15 is 0 Å². The quantitative estimate of drug-likeness (QED) is 0.640. The van der Waals surface area contributed by atoms with Gasteiger partial charge in [0.05, 0.1) is 6.61 Å². The van der Waals surface area contributed by atoms with Gasteiger partial charge in [0, 0.05) is 0 Å². The predicted octanol–water partition coefficient (Wildman–Crippen LogP) is 5.75. The van der Waals surface area contributed by atoms with E-state index in [-0.39, 0.29) is 6.61 Å². The number of aliphatic hydroxyl groups is 1. The molecule has 1 nitrogen and oxygen atoms in total. The second-order valence-corrected chi connectivity index (χ2v) is 6.76. The van der Waals surface area contributed by atoms with Crippen molar-refractivity contribution in [2.24, 2.45) is 0 Å². The monoisotopic (exact) mass is 342 g/mol. The number of hydrogen-bond donors (Lipinski definition) is 1. The van der Waals surface area contributed by atoms with Gasteiger partial charge in [0.2, 0.25) is 0 Å². The number of allylic oxidation sites excluding steroid dienone is 1. The molecule has 4 rings (SSSR count). The molecule has 0 saturated carbocycles. The molecule has 0 amide bonds. The molecule has 1 N–H and O–H groups in total. The standard InChI is InChI=1S/C18H18O.C7H8/c19-13-18-8-4-1-5-15(18)10-9-14-11-16-6-2-3-7-17(16)12-14;1-7-5-3-2-4-6-7/h1-8,11,19H,9-10,12-13H2;2-6H,1H3. The predicted molar refractivity (Wildman–Crippen MR) is 110 cm³/mol. The molecular formula is C25H26O. The van der Waals surface area contributed by atoms with Crippen LogP contribution in [-0.2, 0) is 19.4 Å². The van der Waals surface area contributed by atoms with E-state index in [0.29, 0.717) is 0 Å². The first kappa shape index (κ1) is 18.2. The third-order valence-electron chi connectivity index (χ3n) is 4.78. The van der Waals surface area contributed by atoms with E-state index in [1.807, 2.05) is 36.4 Å². The number of aliphatic hydroxyl groups excluding tert-OH is 1. The average Bonchev–Trinajstić information content (AvgIpc) is 3.11. The van der Waals surface area contributed by atoms with Crippen LogP contribution in [0.25, 0.3) is 6.08 Å². The van der Waals surface area contributed by atoms with Crippen LogP contribution in [0, 0.1) is 6.92 Å². The first-order valence-electron chi connectivity index (χ1n) is 9.23. The molecule has 0 heterocycles. The number of benzene rings is 3. The zero-order valence-electron chi connectivity index (χ0n) is 15.4. The summed E-state index contributed by atoms with van der Waals surface area (Å²) in [5.74, 6) is 0. The Morgan fingerprint density at radius 1 is 0.731 bits per heavy atom. The van der Waals surface area contributed by atoms with Crippen LogP contribution in [0.4, 0.5) is 0 Å². The smallest absolute Gasteiger partial charge is 0.0684 e. The highest BCUT2D eigenvalue weighted by Gasteiger charge is 2.12. The van der Waals surface area contributed by atoms with Gasteiger partial charge in [-0.3, -0.25) is 0 Å². The lowest BCUT2D eigenvalue weighted by Crippen LogP contribution is -1.95. The van der Waals surface area contributed by atoms with Crippen LogP contribution in [0.3, 0.4) is 0 Å². The molecule has 26 heavy (non-hydrogen) atoms. The topological polar surface area (TPSA) is 20.2 Å². The number of fused-ring (bicyclic) bond motifs is 1. The van der Waals surface area contributed by atoms with Gasteiger partial charge >= 0.3 is 0 Å². The molecule has 0 aliphatic heterocycles. The van der Waals surface area contributed by atoms with Crippen LogP contribution in [0.2, 0.25) is 0 Å². The van der Waals surface area contributed by atoms with Gasteiger partial charge in [-0.15, -0.1) is 0 Å². The molecule has 0 unspecified atom stereocenters. The van der Waals surface area contributed by atoms with Crippen LogP contribution in [-0.4, -0.2) is 5.11 Å². The SMILES string of the molecule is Cc1ccccc1.OCc1ccccc1CCC1=Cc2ccccc2C1. The fourth-order valence-corrected chi connectivity index (χ4v) is 3.30. The molecule has 132 valence electrons. The Hall–Kier alpha value is -2.64. The van der Waals surface area contributed by atoms with Gasteiger partial charge in [0.1, 0.15) is 0 Å². The van der Waals surface area contributed by atoms with E-state index in [9.17, 15) is 5.11 Å². The van der Waals surface area contributed by atoms with Crippen LogP contribution < -0.4 is 0 Å². The fourth-order valence-electron chi connectivity index (χ4n) is 3.30. The molecule has 0 atom stereocenters. The molecule has 3 aromatic rings. The van der Waals surface area contributed by atoms with Crippen molar-refractivity contribution >= 4 is 6.08 Å². The van der Waals surface area contributed by atoms with E-state index in [2.05, 4.69) is 55.5 Å². The van der Waals surface area contributed by atoms with Crippen molar-refractivity contribution in [2.45, 2.75) is 32.8 Å². The van der Waals surface area contributed by atoms with Gasteiger partial charge in [-0.2, -0.15) is 0 Å². The van der Waals surface area contributed by atoms with Crippen LogP contribution in [0.1, 0.15) is 34.2 Å². The third kappa shape index (κ3) is 4.93. The number of rotatable bonds is 4. The molecule has 0 bridgehead atoms. The lowest BCUT2D eigenvalue weighted by molar-refractivity contribution is 0.280. The molecule has 0 fully saturated rings. The van der Waals surface area contributed by atoms with Crippen molar-refractivity contribution in [2.75, 3.05) is 0 Å². The van der Waals surface area contributed by atoms with Gasteiger partial charge < -0.3 is 5.11 Å². The summed E-state index contributed by atoms with van der Waals surface area (Å²) in [5, 5.41) is 9.34. The van der Waals surface area contributed by atoms with Gasteiger partial charge in [-0.1, -0.05) is 96.1 Å². The Balaban J connectivity index is 0.000000236. The van der Waals surface area contributed by atoms with Gasteiger partial charge in [-0.25, -0.2) is 0 Å². The van der Waals surface area contributed by atoms with E-state index < -0.39 is 0 Å². The minimum Gasteiger partial charge on any atom is -0.392 e. The first-order valence-corrected chi connectivity index (χ1v) is 9.23. The third-order valence-corrected chi connectivity index (χ3v) is 4.78. The lowest BCUT2D eigenvalue weighted by atomic mass is 9.99. The average molecular weight is 342 g/mol. The second-order valence-electron chi connectivity index (χ2n) is 6.76.